The number of nitrogens with zero attached hydrogens (tertiary/aromatic N) is 1. The van der Waals surface area contributed by atoms with Crippen LogP contribution in [0.5, 0.6) is 0 Å². The van der Waals surface area contributed by atoms with E-state index in [0.717, 1.165) is 31.5 Å². The molecule has 1 aromatic rings. The Labute approximate surface area is 139 Å². The van der Waals surface area contributed by atoms with Gasteiger partial charge in [-0.15, -0.1) is 12.4 Å². The van der Waals surface area contributed by atoms with E-state index in [1.54, 1.807) is 0 Å². The highest BCUT2D eigenvalue weighted by Gasteiger charge is 2.30. The van der Waals surface area contributed by atoms with E-state index in [1.165, 1.54) is 0 Å². The fourth-order valence-corrected chi connectivity index (χ4v) is 2.92. The first-order chi connectivity index (χ1) is 10.1. The molecule has 5 heteroatoms. The molecule has 1 aliphatic heterocycles. The molecule has 1 aliphatic rings. The maximum absolute atomic E-state index is 12.7. The quantitative estimate of drug-likeness (QED) is 0.905. The smallest absolute Gasteiger partial charge is 0.256 e. The lowest BCUT2D eigenvalue weighted by atomic mass is 9.90. The number of amides is 1. The maximum Gasteiger partial charge on any atom is 0.256 e. The summed E-state index contributed by atoms with van der Waals surface area (Å²) in [6, 6.07) is 9.94. The van der Waals surface area contributed by atoms with Gasteiger partial charge in [-0.25, -0.2) is 0 Å². The van der Waals surface area contributed by atoms with Crippen molar-refractivity contribution in [1.82, 2.24) is 4.90 Å². The Bertz CT molecular complexity index is 445. The van der Waals surface area contributed by atoms with Gasteiger partial charge in [-0.1, -0.05) is 30.3 Å². The van der Waals surface area contributed by atoms with Gasteiger partial charge >= 0.3 is 0 Å². The molecular weight excluding hydrogens is 300 g/mol. The Morgan fingerprint density at radius 3 is 2.41 bits per heavy atom. The van der Waals surface area contributed by atoms with E-state index in [9.17, 15) is 4.79 Å². The molecular formula is C17H27ClN2O2. The summed E-state index contributed by atoms with van der Waals surface area (Å²) in [4.78, 5) is 14.7. The molecule has 2 N–H and O–H groups in total. The number of hydrogen-bond donors (Lipinski definition) is 1. The second-order valence-corrected chi connectivity index (χ2v) is 5.77. The zero-order valence-corrected chi connectivity index (χ0v) is 14.2. The number of piperidine rings is 1. The van der Waals surface area contributed by atoms with Crippen molar-refractivity contribution in [3.8, 4) is 0 Å². The second kappa shape index (κ2) is 9.13. The maximum atomic E-state index is 12.7. The van der Waals surface area contributed by atoms with Crippen LogP contribution in [0.3, 0.4) is 0 Å². The van der Waals surface area contributed by atoms with Crippen LogP contribution in [0, 0.1) is 5.92 Å². The highest BCUT2D eigenvalue weighted by molar-refractivity contribution is 5.85. The molecule has 124 valence electrons. The summed E-state index contributed by atoms with van der Waals surface area (Å²) in [5, 5.41) is 0. The Balaban J connectivity index is 0.00000242. The van der Waals surface area contributed by atoms with Crippen LogP contribution in [-0.2, 0) is 9.53 Å². The third kappa shape index (κ3) is 4.70. The summed E-state index contributed by atoms with van der Waals surface area (Å²) in [5.41, 5.74) is 6.89. The molecule has 22 heavy (non-hydrogen) atoms. The molecule has 1 saturated heterocycles. The van der Waals surface area contributed by atoms with Crippen molar-refractivity contribution in [2.75, 3.05) is 19.7 Å². The van der Waals surface area contributed by atoms with E-state index in [0.29, 0.717) is 12.5 Å². The van der Waals surface area contributed by atoms with Crippen LogP contribution in [0.25, 0.3) is 0 Å². The summed E-state index contributed by atoms with van der Waals surface area (Å²) in [5.74, 6) is 0.600. The highest BCUT2D eigenvalue weighted by Crippen LogP contribution is 2.25. The predicted octanol–water partition coefficient (Wildman–Crippen LogP) is 2.77. The topological polar surface area (TPSA) is 55.6 Å². The molecule has 0 saturated carbocycles. The van der Waals surface area contributed by atoms with Crippen molar-refractivity contribution in [3.05, 3.63) is 35.9 Å². The lowest BCUT2D eigenvalue weighted by Crippen LogP contribution is -2.44. The Morgan fingerprint density at radius 2 is 1.91 bits per heavy atom. The van der Waals surface area contributed by atoms with Gasteiger partial charge in [0, 0.05) is 25.7 Å². The van der Waals surface area contributed by atoms with Crippen LogP contribution in [-0.4, -0.2) is 36.5 Å². The summed E-state index contributed by atoms with van der Waals surface area (Å²) in [6.45, 7) is 6.06. The van der Waals surface area contributed by atoms with Crippen LogP contribution >= 0.6 is 12.4 Å². The van der Waals surface area contributed by atoms with Crippen molar-refractivity contribution in [2.24, 2.45) is 11.7 Å². The van der Waals surface area contributed by atoms with E-state index >= 15 is 0 Å². The van der Waals surface area contributed by atoms with E-state index in [4.69, 9.17) is 10.5 Å². The lowest BCUT2D eigenvalue weighted by Gasteiger charge is -2.35. The minimum atomic E-state index is -0.483. The molecule has 0 aliphatic carbocycles. The highest BCUT2D eigenvalue weighted by atomic mass is 35.5. The number of carbonyl (C=O) groups is 1. The standard InChI is InChI=1S/C17H26N2O2.ClH/c1-3-21-16(15-7-5-4-6-8-15)17(20)19-11-9-14(10-12-19)13(2)18;/h4-8,13-14,16H,3,9-12,18H2,1-2H3;1H. The van der Waals surface area contributed by atoms with Gasteiger partial charge in [-0.05, 0) is 38.2 Å². The third-order valence-electron chi connectivity index (χ3n) is 4.25. The molecule has 0 bridgehead atoms. The average molecular weight is 327 g/mol. The van der Waals surface area contributed by atoms with E-state index in [2.05, 4.69) is 6.92 Å². The molecule has 0 spiro atoms. The predicted molar refractivity (Wildman–Crippen MR) is 91.0 cm³/mol. The minimum absolute atomic E-state index is 0. The van der Waals surface area contributed by atoms with Crippen LogP contribution in [0.2, 0.25) is 0 Å². The molecule has 1 aromatic carbocycles. The number of carbonyl (C=O) groups excluding carboxylic acids is 1. The van der Waals surface area contributed by atoms with E-state index in [-0.39, 0.29) is 24.4 Å². The third-order valence-corrected chi connectivity index (χ3v) is 4.25. The van der Waals surface area contributed by atoms with Gasteiger partial charge in [-0.2, -0.15) is 0 Å². The number of rotatable bonds is 5. The minimum Gasteiger partial charge on any atom is -0.364 e. The number of halogens is 1. The van der Waals surface area contributed by atoms with E-state index < -0.39 is 6.10 Å². The monoisotopic (exact) mass is 326 g/mol. The lowest BCUT2D eigenvalue weighted by molar-refractivity contribution is -0.145. The zero-order valence-electron chi connectivity index (χ0n) is 13.4. The van der Waals surface area contributed by atoms with Gasteiger partial charge in [0.25, 0.3) is 5.91 Å². The van der Waals surface area contributed by atoms with Crippen molar-refractivity contribution in [3.63, 3.8) is 0 Å². The normalized spacial score (nSPS) is 18.4. The largest absolute Gasteiger partial charge is 0.364 e. The molecule has 0 radical (unpaired) electrons. The van der Waals surface area contributed by atoms with Crippen molar-refractivity contribution in [2.45, 2.75) is 38.8 Å². The first-order valence-electron chi connectivity index (χ1n) is 7.84. The van der Waals surface area contributed by atoms with Gasteiger partial charge in [0.15, 0.2) is 6.10 Å². The van der Waals surface area contributed by atoms with Gasteiger partial charge < -0.3 is 15.4 Å². The molecule has 4 nitrogen and oxygen atoms in total. The first-order valence-corrected chi connectivity index (χ1v) is 7.84. The average Bonchev–Trinajstić information content (AvgIpc) is 2.53. The van der Waals surface area contributed by atoms with E-state index in [1.807, 2.05) is 42.2 Å². The number of nitrogens with two attached hydrogens (primary N) is 1. The summed E-state index contributed by atoms with van der Waals surface area (Å²) >= 11 is 0. The molecule has 2 rings (SSSR count). The Hall–Kier alpha value is -1.10. The summed E-state index contributed by atoms with van der Waals surface area (Å²) < 4.78 is 5.70. The van der Waals surface area contributed by atoms with Crippen LogP contribution < -0.4 is 5.73 Å². The molecule has 2 atom stereocenters. The number of likely N-dealkylation sites (tertiary alicyclic amines) is 1. The van der Waals surface area contributed by atoms with Crippen LogP contribution in [0.15, 0.2) is 30.3 Å². The van der Waals surface area contributed by atoms with Crippen molar-refractivity contribution in [1.29, 1.82) is 0 Å². The molecule has 0 aromatic heterocycles. The van der Waals surface area contributed by atoms with Gasteiger partial charge in [-0.3, -0.25) is 4.79 Å². The summed E-state index contributed by atoms with van der Waals surface area (Å²) in [7, 11) is 0. The van der Waals surface area contributed by atoms with Crippen molar-refractivity contribution < 1.29 is 9.53 Å². The van der Waals surface area contributed by atoms with Gasteiger partial charge in [0.05, 0.1) is 0 Å². The van der Waals surface area contributed by atoms with Gasteiger partial charge in [0.2, 0.25) is 0 Å². The Kier molecular flexibility index (Phi) is 7.87. The molecule has 1 heterocycles. The van der Waals surface area contributed by atoms with Crippen LogP contribution in [0.1, 0.15) is 38.4 Å². The summed E-state index contributed by atoms with van der Waals surface area (Å²) in [6.07, 6.45) is 1.48. The fraction of sp³-hybridized carbons (Fsp3) is 0.588. The fourth-order valence-electron chi connectivity index (χ4n) is 2.92. The van der Waals surface area contributed by atoms with Crippen LogP contribution in [0.4, 0.5) is 0 Å². The SMILES string of the molecule is CCOC(C(=O)N1CCC(C(C)N)CC1)c1ccccc1.Cl. The Morgan fingerprint density at radius 1 is 1.32 bits per heavy atom. The first kappa shape index (κ1) is 18.9. The molecule has 2 unspecified atom stereocenters. The zero-order chi connectivity index (χ0) is 15.2. The second-order valence-electron chi connectivity index (χ2n) is 5.77. The van der Waals surface area contributed by atoms with Crippen molar-refractivity contribution >= 4 is 18.3 Å². The number of ether oxygens (including phenoxy) is 1. The number of benzene rings is 1. The number of hydrogen-bond acceptors (Lipinski definition) is 3. The molecule has 1 fully saturated rings. The van der Waals surface area contributed by atoms with Gasteiger partial charge in [0.1, 0.15) is 0 Å². The molecule has 1 amide bonds.